The molecule has 7 heteroatoms. The summed E-state index contributed by atoms with van der Waals surface area (Å²) in [6.45, 7) is 3.87. The number of carbonyl (C=O) groups excluding carboxylic acids is 1. The lowest BCUT2D eigenvalue weighted by Gasteiger charge is -2.09. The maximum Gasteiger partial charge on any atom is 0.416 e. The summed E-state index contributed by atoms with van der Waals surface area (Å²) in [5.41, 5.74) is 0.208. The van der Waals surface area contributed by atoms with Crippen molar-refractivity contribution >= 4 is 11.7 Å². The lowest BCUT2D eigenvalue weighted by Crippen LogP contribution is -2.29. The fourth-order valence-corrected chi connectivity index (χ4v) is 2.27. The van der Waals surface area contributed by atoms with E-state index in [9.17, 15) is 18.0 Å². The molecule has 4 nitrogen and oxygen atoms in total. The van der Waals surface area contributed by atoms with Gasteiger partial charge in [0.25, 0.3) is 0 Å². The third-order valence-electron chi connectivity index (χ3n) is 3.55. The highest BCUT2D eigenvalue weighted by molar-refractivity contribution is 5.89. The highest BCUT2D eigenvalue weighted by Gasteiger charge is 2.30. The van der Waals surface area contributed by atoms with Crippen LogP contribution in [0.5, 0.6) is 5.75 Å². The van der Waals surface area contributed by atoms with Crippen molar-refractivity contribution in [3.8, 4) is 17.6 Å². The molecule has 2 N–H and O–H groups in total. The molecule has 0 aliphatic rings. The summed E-state index contributed by atoms with van der Waals surface area (Å²) in [5.74, 6) is 6.19. The quantitative estimate of drug-likeness (QED) is 0.560. The zero-order chi connectivity index (χ0) is 20.4. The predicted octanol–water partition coefficient (Wildman–Crippen LogP) is 4.64. The molecule has 0 spiro atoms. The van der Waals surface area contributed by atoms with E-state index >= 15 is 0 Å². The topological polar surface area (TPSA) is 50.4 Å². The van der Waals surface area contributed by atoms with Crippen molar-refractivity contribution in [3.63, 3.8) is 0 Å². The van der Waals surface area contributed by atoms with Crippen molar-refractivity contribution in [1.82, 2.24) is 5.32 Å². The van der Waals surface area contributed by atoms with E-state index in [0.29, 0.717) is 12.2 Å². The highest BCUT2D eigenvalue weighted by Crippen LogP contribution is 2.30. The summed E-state index contributed by atoms with van der Waals surface area (Å²) in [6, 6.07) is 11.3. The Bertz CT molecular complexity index is 883. The number of urea groups is 1. The van der Waals surface area contributed by atoms with Crippen LogP contribution in [0, 0.1) is 11.8 Å². The maximum absolute atomic E-state index is 12.7. The molecule has 0 saturated heterocycles. The second-order valence-corrected chi connectivity index (χ2v) is 5.63. The van der Waals surface area contributed by atoms with Gasteiger partial charge in [-0.2, -0.15) is 13.2 Å². The maximum atomic E-state index is 12.7. The van der Waals surface area contributed by atoms with Gasteiger partial charge in [0.2, 0.25) is 0 Å². The molecule has 0 radical (unpaired) electrons. The lowest BCUT2D eigenvalue weighted by molar-refractivity contribution is -0.137. The lowest BCUT2D eigenvalue weighted by atomic mass is 10.1. The fourth-order valence-electron chi connectivity index (χ4n) is 2.27. The normalized spacial score (nSPS) is 10.4. The molecule has 0 aliphatic heterocycles. The van der Waals surface area contributed by atoms with Gasteiger partial charge in [-0.25, -0.2) is 4.79 Å². The van der Waals surface area contributed by atoms with E-state index in [-0.39, 0.29) is 18.8 Å². The van der Waals surface area contributed by atoms with E-state index in [0.717, 1.165) is 17.7 Å². The Morgan fingerprint density at radius 3 is 2.68 bits per heavy atom. The summed E-state index contributed by atoms with van der Waals surface area (Å²) >= 11 is 0. The number of rotatable bonds is 6. The average molecular weight is 388 g/mol. The molecule has 2 aromatic carbocycles. The number of amides is 2. The monoisotopic (exact) mass is 388 g/mol. The molecule has 0 heterocycles. The van der Waals surface area contributed by atoms with Gasteiger partial charge in [0.15, 0.2) is 0 Å². The van der Waals surface area contributed by atoms with Gasteiger partial charge in [0.05, 0.1) is 12.1 Å². The number of alkyl halides is 3. The number of carbonyl (C=O) groups is 1. The van der Waals surface area contributed by atoms with Crippen LogP contribution < -0.4 is 15.4 Å². The molecule has 2 rings (SSSR count). The van der Waals surface area contributed by atoms with Crippen LogP contribution in [-0.4, -0.2) is 19.2 Å². The van der Waals surface area contributed by atoms with Gasteiger partial charge in [0, 0.05) is 5.69 Å². The van der Waals surface area contributed by atoms with Gasteiger partial charge in [-0.05, 0) is 36.2 Å². The first-order valence-corrected chi connectivity index (χ1v) is 8.39. The molecule has 0 aliphatic carbocycles. The Balaban J connectivity index is 1.77. The van der Waals surface area contributed by atoms with E-state index in [2.05, 4.69) is 29.1 Å². The number of ether oxygens (including phenoxy) is 1. The predicted molar refractivity (Wildman–Crippen MR) is 102 cm³/mol. The van der Waals surface area contributed by atoms with Crippen LogP contribution >= 0.6 is 0 Å². The van der Waals surface area contributed by atoms with E-state index < -0.39 is 17.8 Å². The summed E-state index contributed by atoms with van der Waals surface area (Å²) in [7, 11) is 0. The van der Waals surface area contributed by atoms with Gasteiger partial charge in [-0.15, -0.1) is 6.58 Å². The Labute approximate surface area is 161 Å². The smallest absolute Gasteiger partial charge is 0.416 e. The van der Waals surface area contributed by atoms with Gasteiger partial charge < -0.3 is 15.4 Å². The van der Waals surface area contributed by atoms with Crippen LogP contribution in [0.25, 0.3) is 0 Å². The van der Waals surface area contributed by atoms with Crippen molar-refractivity contribution in [2.45, 2.75) is 12.6 Å². The number of hydrogen-bond donors (Lipinski definition) is 2. The Kier molecular flexibility index (Phi) is 7.52. The highest BCUT2D eigenvalue weighted by atomic mass is 19.4. The molecule has 0 saturated carbocycles. The molecule has 0 aromatic heterocycles. The third-order valence-corrected chi connectivity index (χ3v) is 3.55. The molecule has 0 unspecified atom stereocenters. The van der Waals surface area contributed by atoms with E-state index in [1.165, 1.54) is 12.1 Å². The van der Waals surface area contributed by atoms with Crippen LogP contribution in [-0.2, 0) is 12.6 Å². The fraction of sp³-hybridized carbons (Fsp3) is 0.190. The number of hydrogen-bond acceptors (Lipinski definition) is 2. The zero-order valence-electron chi connectivity index (χ0n) is 15.0. The minimum absolute atomic E-state index is 0.0302. The van der Waals surface area contributed by atoms with Crippen LogP contribution in [0.1, 0.15) is 11.1 Å². The number of para-hydroxylation sites is 1. The minimum Gasteiger partial charge on any atom is -0.481 e. The Morgan fingerprint density at radius 2 is 1.93 bits per heavy atom. The molecule has 2 amide bonds. The molecule has 28 heavy (non-hydrogen) atoms. The van der Waals surface area contributed by atoms with Crippen LogP contribution in [0.15, 0.2) is 61.2 Å². The largest absolute Gasteiger partial charge is 0.481 e. The van der Waals surface area contributed by atoms with Crippen LogP contribution in [0.3, 0.4) is 0 Å². The number of anilines is 1. The van der Waals surface area contributed by atoms with Crippen molar-refractivity contribution in [3.05, 3.63) is 72.3 Å². The zero-order valence-corrected chi connectivity index (χ0v) is 15.0. The minimum atomic E-state index is -4.47. The standard InChI is InChI=1S/C21H19F3N2O2/c1-2-8-16-9-3-4-12-19(16)28-14-6-5-13-25-20(27)26-18-11-7-10-17(15-18)21(22,23)24/h2-4,7,9-12,15H,1,8,13-14H2,(H2,25,26,27). The first-order chi connectivity index (χ1) is 13.4. The van der Waals surface area contributed by atoms with E-state index in [1.54, 1.807) is 6.08 Å². The number of nitrogens with one attached hydrogen (secondary N) is 2. The van der Waals surface area contributed by atoms with E-state index in [1.807, 2.05) is 24.3 Å². The first-order valence-electron chi connectivity index (χ1n) is 8.39. The summed E-state index contributed by atoms with van der Waals surface area (Å²) < 4.78 is 43.5. The first kappa shape index (κ1) is 20.9. The molecular weight excluding hydrogens is 369 g/mol. The molecule has 0 atom stereocenters. The van der Waals surface area contributed by atoms with Gasteiger partial charge >= 0.3 is 12.2 Å². The summed E-state index contributed by atoms with van der Waals surface area (Å²) in [5, 5.41) is 4.78. The summed E-state index contributed by atoms with van der Waals surface area (Å²) in [4.78, 5) is 11.7. The number of allylic oxidation sites excluding steroid dienone is 1. The average Bonchev–Trinajstić information content (AvgIpc) is 2.65. The van der Waals surface area contributed by atoms with Crippen molar-refractivity contribution in [1.29, 1.82) is 0 Å². The number of benzene rings is 2. The van der Waals surface area contributed by atoms with Crippen molar-refractivity contribution in [2.75, 3.05) is 18.5 Å². The second-order valence-electron chi connectivity index (χ2n) is 5.63. The number of halogens is 3. The molecule has 0 bridgehead atoms. The Morgan fingerprint density at radius 1 is 1.14 bits per heavy atom. The third kappa shape index (κ3) is 6.72. The van der Waals surface area contributed by atoms with Crippen LogP contribution in [0.4, 0.5) is 23.7 Å². The van der Waals surface area contributed by atoms with E-state index in [4.69, 9.17) is 4.74 Å². The van der Waals surface area contributed by atoms with Gasteiger partial charge in [-0.3, -0.25) is 0 Å². The molecule has 0 fully saturated rings. The van der Waals surface area contributed by atoms with Gasteiger partial charge in [-0.1, -0.05) is 42.2 Å². The molecule has 2 aromatic rings. The molecular formula is C21H19F3N2O2. The second kappa shape index (κ2) is 10.1. The van der Waals surface area contributed by atoms with Crippen molar-refractivity contribution < 1.29 is 22.7 Å². The Hall–Kier alpha value is -3.40. The SMILES string of the molecule is C=CCc1ccccc1OCC#CCNC(=O)Nc1cccc(C(F)(F)F)c1. The van der Waals surface area contributed by atoms with Crippen LogP contribution in [0.2, 0.25) is 0 Å². The van der Waals surface area contributed by atoms with Gasteiger partial charge in [0.1, 0.15) is 12.4 Å². The van der Waals surface area contributed by atoms with Crippen molar-refractivity contribution in [2.24, 2.45) is 0 Å². The summed E-state index contributed by atoms with van der Waals surface area (Å²) in [6.07, 6.45) is -2.01. The molecule has 146 valence electrons.